The van der Waals surface area contributed by atoms with Gasteiger partial charge in [-0.1, -0.05) is 5.16 Å². The molecule has 1 aliphatic rings. The molecule has 0 N–H and O–H groups in total. The summed E-state index contributed by atoms with van der Waals surface area (Å²) >= 11 is 0. The van der Waals surface area contributed by atoms with Crippen molar-refractivity contribution in [1.29, 1.82) is 0 Å². The van der Waals surface area contributed by atoms with E-state index in [1.807, 2.05) is 32.0 Å². The van der Waals surface area contributed by atoms with Gasteiger partial charge in [-0.15, -0.1) is 5.10 Å². The number of aromatic nitrogens is 3. The molecule has 0 aliphatic carbocycles. The van der Waals surface area contributed by atoms with Gasteiger partial charge in [-0.05, 0) is 26.0 Å². The van der Waals surface area contributed by atoms with E-state index < -0.39 is 0 Å². The number of hydrogen-bond acceptors (Lipinski definition) is 6. The fourth-order valence-corrected chi connectivity index (χ4v) is 2.42. The van der Waals surface area contributed by atoms with Crippen LogP contribution in [0.1, 0.15) is 17.1 Å². The van der Waals surface area contributed by atoms with Crippen molar-refractivity contribution in [2.24, 2.45) is 0 Å². The Kier molecular flexibility index (Phi) is 3.64. The van der Waals surface area contributed by atoms with Crippen LogP contribution in [0.5, 0.6) is 0 Å². The first-order chi connectivity index (χ1) is 9.70. The van der Waals surface area contributed by atoms with Gasteiger partial charge >= 0.3 is 0 Å². The summed E-state index contributed by atoms with van der Waals surface area (Å²) in [5.41, 5.74) is 1.96. The molecule has 20 heavy (non-hydrogen) atoms. The van der Waals surface area contributed by atoms with Crippen molar-refractivity contribution in [2.45, 2.75) is 20.4 Å². The summed E-state index contributed by atoms with van der Waals surface area (Å²) in [5, 5.41) is 12.4. The average Bonchev–Trinajstić information content (AvgIpc) is 2.86. The van der Waals surface area contributed by atoms with Crippen molar-refractivity contribution in [3.63, 3.8) is 0 Å². The maximum absolute atomic E-state index is 5.10. The molecule has 0 amide bonds. The molecule has 1 saturated heterocycles. The Morgan fingerprint density at radius 3 is 2.50 bits per heavy atom. The lowest BCUT2D eigenvalue weighted by Crippen LogP contribution is -2.46. The number of aryl methyl sites for hydroxylation is 2. The summed E-state index contributed by atoms with van der Waals surface area (Å²) in [6.07, 6.45) is 0. The van der Waals surface area contributed by atoms with Gasteiger partial charge in [0.2, 0.25) is 0 Å². The highest BCUT2D eigenvalue weighted by Gasteiger charge is 2.19. The summed E-state index contributed by atoms with van der Waals surface area (Å²) < 4.78 is 5.10. The fourth-order valence-electron chi connectivity index (χ4n) is 2.42. The molecular weight excluding hydrogens is 254 g/mol. The van der Waals surface area contributed by atoms with Crippen LogP contribution in [0.15, 0.2) is 22.7 Å². The number of anilines is 1. The van der Waals surface area contributed by atoms with E-state index in [9.17, 15) is 0 Å². The highest BCUT2D eigenvalue weighted by molar-refractivity contribution is 5.37. The van der Waals surface area contributed by atoms with Crippen LogP contribution < -0.4 is 4.90 Å². The van der Waals surface area contributed by atoms with Gasteiger partial charge in [0.25, 0.3) is 0 Å². The number of piperazine rings is 1. The van der Waals surface area contributed by atoms with Crippen LogP contribution in [0.4, 0.5) is 5.82 Å². The first-order valence-electron chi connectivity index (χ1n) is 6.90. The second-order valence-corrected chi connectivity index (χ2v) is 5.23. The summed E-state index contributed by atoms with van der Waals surface area (Å²) in [6.45, 7) is 8.66. The van der Waals surface area contributed by atoms with Crippen molar-refractivity contribution in [2.75, 3.05) is 31.1 Å². The second kappa shape index (κ2) is 5.58. The molecule has 3 heterocycles. The first-order valence-corrected chi connectivity index (χ1v) is 6.90. The van der Waals surface area contributed by atoms with Crippen molar-refractivity contribution in [1.82, 2.24) is 20.3 Å². The van der Waals surface area contributed by atoms with Gasteiger partial charge in [0.1, 0.15) is 5.76 Å². The smallest absolute Gasteiger partial charge is 0.151 e. The van der Waals surface area contributed by atoms with Gasteiger partial charge in [0.05, 0.1) is 11.4 Å². The molecule has 2 aromatic heterocycles. The molecule has 0 spiro atoms. The molecule has 0 saturated carbocycles. The molecule has 0 radical (unpaired) electrons. The third-order valence-electron chi connectivity index (χ3n) is 3.54. The molecule has 0 aromatic carbocycles. The van der Waals surface area contributed by atoms with E-state index in [1.54, 1.807) is 0 Å². The fraction of sp³-hybridized carbons (Fsp3) is 0.500. The van der Waals surface area contributed by atoms with Gasteiger partial charge in [-0.25, -0.2) is 0 Å². The summed E-state index contributed by atoms with van der Waals surface area (Å²) in [4.78, 5) is 4.66. The van der Waals surface area contributed by atoms with Crippen molar-refractivity contribution in [3.8, 4) is 0 Å². The molecule has 2 aromatic rings. The lowest BCUT2D eigenvalue weighted by molar-refractivity contribution is 0.241. The van der Waals surface area contributed by atoms with E-state index in [4.69, 9.17) is 4.52 Å². The maximum atomic E-state index is 5.10. The third-order valence-corrected chi connectivity index (χ3v) is 3.54. The van der Waals surface area contributed by atoms with Crippen LogP contribution in [0.25, 0.3) is 0 Å². The summed E-state index contributed by atoms with van der Waals surface area (Å²) in [6, 6.07) is 6.05. The minimum Gasteiger partial charge on any atom is -0.361 e. The molecule has 1 fully saturated rings. The zero-order valence-electron chi connectivity index (χ0n) is 11.9. The first kappa shape index (κ1) is 13.1. The molecule has 0 atom stereocenters. The SMILES string of the molecule is Cc1ccc(N2CCN(Cc3cc(C)on3)CC2)nn1. The normalized spacial score (nSPS) is 16.6. The number of rotatable bonds is 3. The molecule has 6 heteroatoms. The van der Waals surface area contributed by atoms with Crippen LogP contribution in [0.3, 0.4) is 0 Å². The quantitative estimate of drug-likeness (QED) is 0.842. The van der Waals surface area contributed by atoms with Gasteiger partial charge in [0.15, 0.2) is 5.82 Å². The Hall–Kier alpha value is -1.95. The largest absolute Gasteiger partial charge is 0.361 e. The van der Waals surface area contributed by atoms with Crippen molar-refractivity contribution in [3.05, 3.63) is 35.3 Å². The predicted octanol–water partition coefficient (Wildman–Crippen LogP) is 1.40. The van der Waals surface area contributed by atoms with Crippen LogP contribution in [0, 0.1) is 13.8 Å². The average molecular weight is 273 g/mol. The van der Waals surface area contributed by atoms with Crippen LogP contribution in [-0.4, -0.2) is 46.4 Å². The zero-order chi connectivity index (χ0) is 13.9. The van der Waals surface area contributed by atoms with E-state index >= 15 is 0 Å². The summed E-state index contributed by atoms with van der Waals surface area (Å²) in [5.74, 6) is 1.83. The van der Waals surface area contributed by atoms with E-state index in [1.165, 1.54) is 0 Å². The van der Waals surface area contributed by atoms with Crippen LogP contribution >= 0.6 is 0 Å². The standard InChI is InChI=1S/C14H19N5O/c1-11-3-4-14(16-15-11)19-7-5-18(6-8-19)10-13-9-12(2)20-17-13/h3-4,9H,5-8,10H2,1-2H3. The van der Waals surface area contributed by atoms with Crippen molar-refractivity contribution >= 4 is 5.82 Å². The summed E-state index contributed by atoms with van der Waals surface area (Å²) in [7, 11) is 0. The van der Waals surface area contributed by atoms with E-state index in [0.717, 1.165) is 55.7 Å². The Balaban J connectivity index is 1.55. The van der Waals surface area contributed by atoms with Crippen LogP contribution in [-0.2, 0) is 6.54 Å². The monoisotopic (exact) mass is 273 g/mol. The van der Waals surface area contributed by atoms with E-state index in [2.05, 4.69) is 25.2 Å². The second-order valence-electron chi connectivity index (χ2n) is 5.23. The van der Waals surface area contributed by atoms with Gasteiger partial charge in [-0.3, -0.25) is 4.90 Å². The molecule has 106 valence electrons. The topological polar surface area (TPSA) is 58.3 Å². The van der Waals surface area contributed by atoms with Crippen LogP contribution in [0.2, 0.25) is 0 Å². The highest BCUT2D eigenvalue weighted by Crippen LogP contribution is 2.14. The van der Waals surface area contributed by atoms with Gasteiger partial charge in [-0.2, -0.15) is 5.10 Å². The Morgan fingerprint density at radius 2 is 1.90 bits per heavy atom. The Bertz CT molecular complexity index is 557. The van der Waals surface area contributed by atoms with Gasteiger partial charge < -0.3 is 9.42 Å². The van der Waals surface area contributed by atoms with E-state index in [-0.39, 0.29) is 0 Å². The molecule has 6 nitrogen and oxygen atoms in total. The lowest BCUT2D eigenvalue weighted by atomic mass is 10.2. The highest BCUT2D eigenvalue weighted by atomic mass is 16.5. The molecule has 3 rings (SSSR count). The maximum Gasteiger partial charge on any atom is 0.151 e. The number of nitrogens with zero attached hydrogens (tertiary/aromatic N) is 5. The van der Waals surface area contributed by atoms with E-state index in [0.29, 0.717) is 0 Å². The molecule has 0 unspecified atom stereocenters. The number of hydrogen-bond donors (Lipinski definition) is 0. The van der Waals surface area contributed by atoms with Gasteiger partial charge in [0, 0.05) is 38.8 Å². The zero-order valence-corrected chi connectivity index (χ0v) is 11.9. The van der Waals surface area contributed by atoms with Crippen molar-refractivity contribution < 1.29 is 4.52 Å². The molecule has 0 bridgehead atoms. The Morgan fingerprint density at radius 1 is 1.10 bits per heavy atom. The predicted molar refractivity (Wildman–Crippen MR) is 75.5 cm³/mol. The third kappa shape index (κ3) is 2.96. The Labute approximate surface area is 118 Å². The minimum absolute atomic E-state index is 0.852. The minimum atomic E-state index is 0.852. The lowest BCUT2D eigenvalue weighted by Gasteiger charge is -2.34. The molecule has 1 aliphatic heterocycles. The molecular formula is C14H19N5O.